The molecular weight excluding hydrogens is 803 g/mol. The van der Waals surface area contributed by atoms with Gasteiger partial charge in [0, 0.05) is 12.8 Å². The Hall–Kier alpha value is -3.23. The first kappa shape index (κ1) is 55.8. The van der Waals surface area contributed by atoms with Gasteiger partial charge >= 0.3 is 19.8 Å². The Bertz CT molecular complexity index is 1430. The molecule has 0 bridgehead atoms. The molecule has 61 heavy (non-hydrogen) atoms. The van der Waals surface area contributed by atoms with E-state index in [0.29, 0.717) is 19.3 Å². The van der Waals surface area contributed by atoms with Gasteiger partial charge in [0.1, 0.15) is 43.2 Å². The summed E-state index contributed by atoms with van der Waals surface area (Å²) >= 11 is 0. The van der Waals surface area contributed by atoms with Crippen LogP contribution in [0.15, 0.2) is 97.2 Å². The molecule has 1 aliphatic rings. The van der Waals surface area contributed by atoms with Crippen molar-refractivity contribution in [2.75, 3.05) is 13.2 Å². The Morgan fingerprint density at radius 3 is 1.43 bits per heavy atom. The summed E-state index contributed by atoms with van der Waals surface area (Å²) in [6, 6.07) is 0. The van der Waals surface area contributed by atoms with Crippen molar-refractivity contribution in [2.24, 2.45) is 0 Å². The van der Waals surface area contributed by atoms with Gasteiger partial charge in [-0.3, -0.25) is 18.6 Å². The number of allylic oxidation sites excluding steroid dienone is 16. The molecule has 0 heterocycles. The zero-order chi connectivity index (χ0) is 45.0. The van der Waals surface area contributed by atoms with Gasteiger partial charge in [-0.1, -0.05) is 124 Å². The minimum absolute atomic E-state index is 0.0309. The summed E-state index contributed by atoms with van der Waals surface area (Å²) in [6.07, 6.45) is 34.7. The second-order valence-electron chi connectivity index (χ2n) is 14.8. The predicted octanol–water partition coefficient (Wildman–Crippen LogP) is 8.27. The lowest BCUT2D eigenvalue weighted by Crippen LogP contribution is -2.64. The van der Waals surface area contributed by atoms with E-state index in [-0.39, 0.29) is 12.8 Å². The van der Waals surface area contributed by atoms with Gasteiger partial charge in [-0.2, -0.15) is 0 Å². The van der Waals surface area contributed by atoms with Crippen molar-refractivity contribution in [1.29, 1.82) is 0 Å². The van der Waals surface area contributed by atoms with Crippen LogP contribution in [0.2, 0.25) is 0 Å². The fourth-order valence-corrected chi connectivity index (χ4v) is 6.83. The van der Waals surface area contributed by atoms with Crippen LogP contribution in [0.3, 0.4) is 0 Å². The van der Waals surface area contributed by atoms with Gasteiger partial charge in [-0.15, -0.1) is 0 Å². The molecule has 6 N–H and O–H groups in total. The summed E-state index contributed by atoms with van der Waals surface area (Å²) in [4.78, 5) is 35.6. The number of hydrogen-bond donors (Lipinski definition) is 6. The van der Waals surface area contributed by atoms with Crippen molar-refractivity contribution in [3.05, 3.63) is 97.2 Å². The number of carbonyl (C=O) groups is 2. The fraction of sp³-hybridized carbons (Fsp3) is 0.617. The zero-order valence-corrected chi connectivity index (χ0v) is 37.3. The molecule has 1 saturated carbocycles. The van der Waals surface area contributed by atoms with Crippen LogP contribution in [0.25, 0.3) is 0 Å². The van der Waals surface area contributed by atoms with E-state index in [1.165, 1.54) is 6.42 Å². The molecule has 0 saturated heterocycles. The Kier molecular flexibility index (Phi) is 33.2. The number of unbranched alkanes of at least 4 members (excludes halogenated alkanes) is 6. The molecule has 14 heteroatoms. The van der Waals surface area contributed by atoms with Crippen LogP contribution in [-0.2, 0) is 32.7 Å². The molecule has 346 valence electrons. The largest absolute Gasteiger partial charge is 0.472 e. The van der Waals surface area contributed by atoms with Gasteiger partial charge in [0.2, 0.25) is 0 Å². The second kappa shape index (κ2) is 36.3. The van der Waals surface area contributed by atoms with Crippen molar-refractivity contribution >= 4 is 19.8 Å². The number of hydrogen-bond acceptors (Lipinski definition) is 12. The molecule has 6 unspecified atom stereocenters. The van der Waals surface area contributed by atoms with E-state index in [1.54, 1.807) is 0 Å². The van der Waals surface area contributed by atoms with Gasteiger partial charge < -0.3 is 39.9 Å². The molecular formula is C47H75O13P. The van der Waals surface area contributed by atoms with Gasteiger partial charge in [0.05, 0.1) is 6.61 Å². The lowest BCUT2D eigenvalue weighted by molar-refractivity contribution is -0.220. The second-order valence-corrected chi connectivity index (χ2v) is 16.2. The normalized spacial score (nSPS) is 23.0. The molecule has 1 aliphatic carbocycles. The molecule has 1 fully saturated rings. The van der Waals surface area contributed by atoms with Crippen molar-refractivity contribution in [2.45, 2.75) is 172 Å². The highest BCUT2D eigenvalue weighted by atomic mass is 31.2. The van der Waals surface area contributed by atoms with Gasteiger partial charge in [0.25, 0.3) is 0 Å². The number of aliphatic hydroxyl groups excluding tert-OH is 5. The summed E-state index contributed by atoms with van der Waals surface area (Å²) < 4.78 is 33.4. The SMILES string of the molecule is CC/C=C/C/C=C/C/C=C/C/C=C/CCCCC(=O)O[C@@H](COC(=O)CCCCC/C=C/C/C=C/C/C=C/C/C=C/CCC)COP(=O)(O)OC1C(O)C(O)C(O)[C@H](O)C1O. The quantitative estimate of drug-likeness (QED) is 0.0156. The number of phosphoric acid groups is 1. The average molecular weight is 879 g/mol. The van der Waals surface area contributed by atoms with Gasteiger partial charge in [-0.05, 0) is 89.9 Å². The molecule has 13 nitrogen and oxygen atoms in total. The number of phosphoric ester groups is 1. The van der Waals surface area contributed by atoms with E-state index in [4.69, 9.17) is 18.5 Å². The summed E-state index contributed by atoms with van der Waals surface area (Å²) in [5, 5.41) is 50.1. The molecule has 0 amide bonds. The third-order valence-electron chi connectivity index (χ3n) is 9.39. The number of ether oxygens (including phenoxy) is 2. The van der Waals surface area contributed by atoms with Crippen LogP contribution in [0.5, 0.6) is 0 Å². The monoisotopic (exact) mass is 878 g/mol. The highest BCUT2D eigenvalue weighted by Gasteiger charge is 2.51. The molecule has 0 aromatic carbocycles. The summed E-state index contributed by atoms with van der Waals surface area (Å²) in [5.74, 6) is -1.20. The first-order valence-electron chi connectivity index (χ1n) is 22.0. The van der Waals surface area contributed by atoms with Gasteiger partial charge in [-0.25, -0.2) is 4.57 Å². The third kappa shape index (κ3) is 28.9. The predicted molar refractivity (Wildman–Crippen MR) is 239 cm³/mol. The Morgan fingerprint density at radius 2 is 0.934 bits per heavy atom. The van der Waals surface area contributed by atoms with E-state index >= 15 is 0 Å². The van der Waals surface area contributed by atoms with Crippen molar-refractivity contribution in [3.8, 4) is 0 Å². The lowest BCUT2D eigenvalue weighted by Gasteiger charge is -2.41. The number of aliphatic hydroxyl groups is 5. The Labute approximate surface area is 364 Å². The van der Waals surface area contributed by atoms with E-state index in [1.807, 2.05) is 6.08 Å². The van der Waals surface area contributed by atoms with Crippen molar-refractivity contribution in [3.63, 3.8) is 0 Å². The molecule has 0 aliphatic heterocycles. The Morgan fingerprint density at radius 1 is 0.525 bits per heavy atom. The molecule has 0 aromatic rings. The van der Waals surface area contributed by atoms with Gasteiger partial charge in [0.15, 0.2) is 6.10 Å². The average Bonchev–Trinajstić information content (AvgIpc) is 3.24. The molecule has 0 spiro atoms. The van der Waals surface area contributed by atoms with E-state index in [0.717, 1.165) is 77.0 Å². The zero-order valence-electron chi connectivity index (χ0n) is 36.4. The van der Waals surface area contributed by atoms with E-state index in [9.17, 15) is 44.6 Å². The number of carbonyl (C=O) groups excluding carboxylic acids is 2. The Balaban J connectivity index is 2.55. The maximum atomic E-state index is 12.8. The number of rotatable bonds is 34. The van der Waals surface area contributed by atoms with Crippen LogP contribution in [-0.4, -0.2) is 98.3 Å². The molecule has 1 rings (SSSR count). The summed E-state index contributed by atoms with van der Waals surface area (Å²) in [5.41, 5.74) is 0. The minimum Gasteiger partial charge on any atom is -0.462 e. The first-order valence-corrected chi connectivity index (χ1v) is 23.5. The smallest absolute Gasteiger partial charge is 0.462 e. The van der Waals surface area contributed by atoms with Crippen molar-refractivity contribution < 1.29 is 63.1 Å². The number of esters is 2. The molecule has 8 atom stereocenters. The topological polar surface area (TPSA) is 210 Å². The molecule has 0 radical (unpaired) electrons. The van der Waals surface area contributed by atoms with E-state index in [2.05, 4.69) is 105 Å². The standard InChI is InChI=1S/C47H75O13P/c1-3-5-7-9-11-13-15-17-19-20-22-23-25-27-29-31-33-35-40(48)57-37-39(38-58-61(55,56)60-47-45(53)43(51)42(50)44(52)46(47)54)59-41(49)36-34-32-30-28-26-24-21-18-16-14-12-10-8-6-4-2/h6-9,12-15,18-21,23,25-26,28,39,42-47,50-54H,3-5,10-11,16-17,22,24,27,29-38H2,1-2H3,(H,55,56)/b8-6+,9-7+,14-12+,15-13+,20-19+,21-18+,25-23+,28-26+/t39-,42?,43-,44?,45?,46?,47?/m0/s1. The van der Waals surface area contributed by atoms with Crippen LogP contribution in [0.1, 0.15) is 129 Å². The summed E-state index contributed by atoms with van der Waals surface area (Å²) in [7, 11) is -5.14. The van der Waals surface area contributed by atoms with E-state index < -0.39 is 75.7 Å². The summed E-state index contributed by atoms with van der Waals surface area (Å²) in [6.45, 7) is 3.03. The lowest BCUT2D eigenvalue weighted by atomic mass is 9.85. The highest BCUT2D eigenvalue weighted by Crippen LogP contribution is 2.47. The van der Waals surface area contributed by atoms with Crippen LogP contribution in [0, 0.1) is 0 Å². The molecule has 0 aromatic heterocycles. The van der Waals surface area contributed by atoms with Crippen LogP contribution < -0.4 is 0 Å². The first-order chi connectivity index (χ1) is 29.4. The van der Waals surface area contributed by atoms with Crippen molar-refractivity contribution in [1.82, 2.24) is 0 Å². The maximum absolute atomic E-state index is 12.8. The third-order valence-corrected chi connectivity index (χ3v) is 10.4. The fourth-order valence-electron chi connectivity index (χ4n) is 5.85. The maximum Gasteiger partial charge on any atom is 0.472 e. The van der Waals surface area contributed by atoms with Crippen LogP contribution >= 0.6 is 7.82 Å². The minimum atomic E-state index is -5.14. The highest BCUT2D eigenvalue weighted by molar-refractivity contribution is 7.47. The van der Waals surface area contributed by atoms with Crippen LogP contribution in [0.4, 0.5) is 0 Å².